The Morgan fingerprint density at radius 1 is 1.25 bits per heavy atom. The van der Waals surface area contributed by atoms with Crippen LogP contribution in [0.2, 0.25) is 5.02 Å². The number of benzene rings is 1. The Bertz CT molecular complexity index is 299. The minimum Gasteiger partial charge on any atom is -0.396 e. The standard InChI is InChI=1S/C13H20ClNO/c1-11(15(2)9-3-4-10-16)12-5-7-13(14)8-6-12/h5-8,11,16H,3-4,9-10H2,1-2H3. The molecule has 0 bridgehead atoms. The number of hydrogen-bond acceptors (Lipinski definition) is 2. The van der Waals surface area contributed by atoms with Gasteiger partial charge in [-0.05, 0) is 51.1 Å². The summed E-state index contributed by atoms with van der Waals surface area (Å²) in [6.07, 6.45) is 1.91. The highest BCUT2D eigenvalue weighted by molar-refractivity contribution is 6.30. The van der Waals surface area contributed by atoms with E-state index in [-0.39, 0.29) is 6.61 Å². The molecule has 0 aromatic heterocycles. The Balaban J connectivity index is 2.49. The second-order valence-corrected chi connectivity index (χ2v) is 4.58. The van der Waals surface area contributed by atoms with Crippen molar-refractivity contribution in [1.29, 1.82) is 0 Å². The molecule has 0 aliphatic rings. The van der Waals surface area contributed by atoms with Crippen molar-refractivity contribution in [3.8, 4) is 0 Å². The fraction of sp³-hybridized carbons (Fsp3) is 0.538. The molecular formula is C13H20ClNO. The van der Waals surface area contributed by atoms with Crippen LogP contribution in [0.1, 0.15) is 31.4 Å². The molecule has 0 amide bonds. The molecule has 1 aromatic carbocycles. The number of aliphatic hydroxyl groups is 1. The topological polar surface area (TPSA) is 23.5 Å². The van der Waals surface area contributed by atoms with Crippen LogP contribution in [0.15, 0.2) is 24.3 Å². The molecule has 0 aliphatic carbocycles. The monoisotopic (exact) mass is 241 g/mol. The van der Waals surface area contributed by atoms with E-state index in [2.05, 4.69) is 31.0 Å². The minimum absolute atomic E-state index is 0.281. The summed E-state index contributed by atoms with van der Waals surface area (Å²) in [4.78, 5) is 2.29. The van der Waals surface area contributed by atoms with Crippen molar-refractivity contribution in [3.05, 3.63) is 34.9 Å². The molecule has 1 atom stereocenters. The van der Waals surface area contributed by atoms with Crippen molar-refractivity contribution < 1.29 is 5.11 Å². The lowest BCUT2D eigenvalue weighted by molar-refractivity contribution is 0.234. The van der Waals surface area contributed by atoms with E-state index >= 15 is 0 Å². The minimum atomic E-state index is 0.281. The zero-order valence-electron chi connectivity index (χ0n) is 9.99. The van der Waals surface area contributed by atoms with Crippen LogP contribution in [-0.2, 0) is 0 Å². The van der Waals surface area contributed by atoms with Gasteiger partial charge in [0.15, 0.2) is 0 Å². The molecule has 1 aromatic rings. The summed E-state index contributed by atoms with van der Waals surface area (Å²) in [5.74, 6) is 0. The summed E-state index contributed by atoms with van der Waals surface area (Å²) in [7, 11) is 2.11. The predicted molar refractivity (Wildman–Crippen MR) is 68.8 cm³/mol. The van der Waals surface area contributed by atoms with Crippen molar-refractivity contribution in [2.24, 2.45) is 0 Å². The smallest absolute Gasteiger partial charge is 0.0431 e. The molecule has 0 heterocycles. The first kappa shape index (κ1) is 13.5. The molecule has 1 unspecified atom stereocenters. The quantitative estimate of drug-likeness (QED) is 0.774. The maximum Gasteiger partial charge on any atom is 0.0431 e. The second kappa shape index (κ2) is 6.89. The van der Waals surface area contributed by atoms with Gasteiger partial charge in [-0.15, -0.1) is 0 Å². The van der Waals surface area contributed by atoms with Gasteiger partial charge in [-0.1, -0.05) is 23.7 Å². The van der Waals surface area contributed by atoms with E-state index < -0.39 is 0 Å². The summed E-state index contributed by atoms with van der Waals surface area (Å²) in [5, 5.41) is 9.51. The molecule has 1 rings (SSSR count). The average Bonchev–Trinajstić information content (AvgIpc) is 2.29. The summed E-state index contributed by atoms with van der Waals surface area (Å²) < 4.78 is 0. The lowest BCUT2D eigenvalue weighted by Crippen LogP contribution is -2.23. The van der Waals surface area contributed by atoms with Crippen molar-refractivity contribution in [2.75, 3.05) is 20.2 Å². The molecule has 0 radical (unpaired) electrons. The molecule has 0 fully saturated rings. The Morgan fingerprint density at radius 2 is 1.88 bits per heavy atom. The molecule has 2 nitrogen and oxygen atoms in total. The Kier molecular flexibility index (Phi) is 5.81. The van der Waals surface area contributed by atoms with Gasteiger partial charge in [0, 0.05) is 17.7 Å². The van der Waals surface area contributed by atoms with Crippen molar-refractivity contribution in [3.63, 3.8) is 0 Å². The fourth-order valence-corrected chi connectivity index (χ4v) is 1.79. The van der Waals surface area contributed by atoms with Gasteiger partial charge in [0.2, 0.25) is 0 Å². The number of rotatable bonds is 6. The molecule has 0 saturated heterocycles. The lowest BCUT2D eigenvalue weighted by atomic mass is 10.1. The zero-order chi connectivity index (χ0) is 12.0. The van der Waals surface area contributed by atoms with Gasteiger partial charge >= 0.3 is 0 Å². The highest BCUT2D eigenvalue weighted by Gasteiger charge is 2.10. The summed E-state index contributed by atoms with van der Waals surface area (Å²) in [5.41, 5.74) is 1.27. The first-order valence-corrected chi connectivity index (χ1v) is 6.09. The van der Waals surface area contributed by atoms with Crippen molar-refractivity contribution >= 4 is 11.6 Å². The normalized spacial score (nSPS) is 13.1. The molecule has 0 aliphatic heterocycles. The lowest BCUT2D eigenvalue weighted by Gasteiger charge is -2.25. The predicted octanol–water partition coefficient (Wildman–Crippen LogP) is 3.11. The van der Waals surface area contributed by atoms with Crippen LogP contribution in [0.3, 0.4) is 0 Å². The fourth-order valence-electron chi connectivity index (χ4n) is 1.66. The SMILES string of the molecule is CC(c1ccc(Cl)cc1)N(C)CCCCO. The van der Waals surface area contributed by atoms with Crippen LogP contribution in [0.5, 0.6) is 0 Å². The molecule has 16 heavy (non-hydrogen) atoms. The Labute approximate surface area is 103 Å². The van der Waals surface area contributed by atoms with Gasteiger partial charge in [-0.25, -0.2) is 0 Å². The third-order valence-corrected chi connectivity index (χ3v) is 3.18. The van der Waals surface area contributed by atoms with E-state index in [4.69, 9.17) is 16.7 Å². The highest BCUT2D eigenvalue weighted by atomic mass is 35.5. The van der Waals surface area contributed by atoms with Crippen molar-refractivity contribution in [1.82, 2.24) is 4.90 Å². The maximum atomic E-state index is 8.73. The largest absolute Gasteiger partial charge is 0.396 e. The molecule has 0 saturated carbocycles. The van der Waals surface area contributed by atoms with E-state index in [1.54, 1.807) is 0 Å². The van der Waals surface area contributed by atoms with Crippen LogP contribution in [-0.4, -0.2) is 30.2 Å². The molecule has 0 spiro atoms. The van der Waals surface area contributed by atoms with Crippen molar-refractivity contribution in [2.45, 2.75) is 25.8 Å². The Morgan fingerprint density at radius 3 is 2.44 bits per heavy atom. The van der Waals surface area contributed by atoms with Gasteiger partial charge in [0.05, 0.1) is 0 Å². The van der Waals surface area contributed by atoms with Crippen LogP contribution in [0, 0.1) is 0 Å². The third-order valence-electron chi connectivity index (χ3n) is 2.93. The van der Waals surface area contributed by atoms with Crippen LogP contribution >= 0.6 is 11.6 Å². The molecular weight excluding hydrogens is 222 g/mol. The van der Waals surface area contributed by atoms with E-state index in [1.807, 2.05) is 12.1 Å². The summed E-state index contributed by atoms with van der Waals surface area (Å²) in [6, 6.07) is 8.37. The first-order valence-electron chi connectivity index (χ1n) is 5.71. The number of nitrogens with zero attached hydrogens (tertiary/aromatic N) is 1. The van der Waals surface area contributed by atoms with Gasteiger partial charge in [-0.3, -0.25) is 4.90 Å². The highest BCUT2D eigenvalue weighted by Crippen LogP contribution is 2.20. The van der Waals surface area contributed by atoms with E-state index in [9.17, 15) is 0 Å². The van der Waals surface area contributed by atoms with Crippen LogP contribution < -0.4 is 0 Å². The Hall–Kier alpha value is -0.570. The average molecular weight is 242 g/mol. The first-order chi connectivity index (χ1) is 7.65. The third kappa shape index (κ3) is 4.12. The van der Waals surface area contributed by atoms with E-state index in [0.29, 0.717) is 6.04 Å². The molecule has 3 heteroatoms. The number of unbranched alkanes of at least 4 members (excludes halogenated alkanes) is 1. The van der Waals surface area contributed by atoms with Gasteiger partial charge in [0.1, 0.15) is 0 Å². The second-order valence-electron chi connectivity index (χ2n) is 4.14. The number of hydrogen-bond donors (Lipinski definition) is 1. The number of aliphatic hydroxyl groups excluding tert-OH is 1. The van der Waals surface area contributed by atoms with Crippen LogP contribution in [0.4, 0.5) is 0 Å². The van der Waals surface area contributed by atoms with E-state index in [1.165, 1.54) is 5.56 Å². The van der Waals surface area contributed by atoms with E-state index in [0.717, 1.165) is 24.4 Å². The maximum absolute atomic E-state index is 8.73. The molecule has 90 valence electrons. The zero-order valence-corrected chi connectivity index (χ0v) is 10.7. The molecule has 1 N–H and O–H groups in total. The van der Waals surface area contributed by atoms with Crippen LogP contribution in [0.25, 0.3) is 0 Å². The van der Waals surface area contributed by atoms with Gasteiger partial charge in [0.25, 0.3) is 0 Å². The number of halogens is 1. The summed E-state index contributed by atoms with van der Waals surface area (Å²) in [6.45, 7) is 3.47. The summed E-state index contributed by atoms with van der Waals surface area (Å²) >= 11 is 5.86. The van der Waals surface area contributed by atoms with Gasteiger partial charge < -0.3 is 5.11 Å². The van der Waals surface area contributed by atoms with Gasteiger partial charge in [-0.2, -0.15) is 0 Å².